The minimum absolute atomic E-state index is 0.386. The molecule has 3 heteroatoms. The zero-order valence-electron chi connectivity index (χ0n) is 13.2. The molecule has 1 atom stereocenters. The van der Waals surface area contributed by atoms with Crippen molar-refractivity contribution >= 4 is 15.9 Å². The minimum atomic E-state index is 0.386. The smallest absolute Gasteiger partial charge is 0.0587 e. The predicted molar refractivity (Wildman–Crippen MR) is 90.3 cm³/mol. The fraction of sp³-hybridized carbons (Fsp3) is 0.647. The summed E-state index contributed by atoms with van der Waals surface area (Å²) in [5.41, 5.74) is 1.80. The maximum atomic E-state index is 5.09. The van der Waals surface area contributed by atoms with Gasteiger partial charge in [-0.05, 0) is 41.9 Å². The molecule has 20 heavy (non-hydrogen) atoms. The lowest BCUT2D eigenvalue weighted by atomic mass is 9.84. The van der Waals surface area contributed by atoms with Crippen molar-refractivity contribution in [2.24, 2.45) is 5.41 Å². The number of hydrogen-bond donors (Lipinski definition) is 1. The maximum absolute atomic E-state index is 5.09. The van der Waals surface area contributed by atoms with Crippen LogP contribution in [0.5, 0.6) is 0 Å². The molecule has 2 nitrogen and oxygen atoms in total. The molecule has 1 rings (SSSR count). The van der Waals surface area contributed by atoms with Crippen LogP contribution < -0.4 is 5.32 Å². The quantitative estimate of drug-likeness (QED) is 0.698. The number of ether oxygens (including phenoxy) is 1. The predicted octanol–water partition coefficient (Wildman–Crippen LogP) is 4.60. The van der Waals surface area contributed by atoms with Crippen LogP contribution in [-0.2, 0) is 4.74 Å². The van der Waals surface area contributed by atoms with E-state index in [1.165, 1.54) is 18.4 Å². The maximum Gasteiger partial charge on any atom is 0.0587 e. The molecular formula is C17H28BrNO. The molecule has 0 fully saturated rings. The molecule has 114 valence electrons. The van der Waals surface area contributed by atoms with E-state index in [2.05, 4.69) is 66.3 Å². The number of rotatable bonds is 8. The summed E-state index contributed by atoms with van der Waals surface area (Å²) in [6.45, 7) is 9.62. The van der Waals surface area contributed by atoms with Crippen molar-refractivity contribution in [2.45, 2.75) is 39.5 Å². The summed E-state index contributed by atoms with van der Waals surface area (Å²) in [5.74, 6) is 0.559. The average molecular weight is 342 g/mol. The van der Waals surface area contributed by atoms with Crippen LogP contribution in [0.15, 0.2) is 28.7 Å². The van der Waals surface area contributed by atoms with E-state index < -0.39 is 0 Å². The first-order chi connectivity index (χ1) is 9.42. The summed E-state index contributed by atoms with van der Waals surface area (Å²) >= 11 is 3.57. The summed E-state index contributed by atoms with van der Waals surface area (Å²) in [4.78, 5) is 0. The zero-order chi connectivity index (χ0) is 15.0. The van der Waals surface area contributed by atoms with Crippen molar-refractivity contribution in [2.75, 3.05) is 26.8 Å². The van der Waals surface area contributed by atoms with Crippen LogP contribution in [0.1, 0.15) is 45.1 Å². The molecule has 1 unspecified atom stereocenters. The van der Waals surface area contributed by atoms with E-state index in [-0.39, 0.29) is 0 Å². The van der Waals surface area contributed by atoms with Crippen LogP contribution in [0.25, 0.3) is 0 Å². The van der Waals surface area contributed by atoms with Crippen LogP contribution in [-0.4, -0.2) is 26.8 Å². The molecule has 1 aromatic carbocycles. The van der Waals surface area contributed by atoms with Gasteiger partial charge >= 0.3 is 0 Å². The SMILES string of the molecule is COCCNCC(CCC(C)(C)C)c1cccc(Br)c1. The molecule has 0 bridgehead atoms. The van der Waals surface area contributed by atoms with Gasteiger partial charge in [0.25, 0.3) is 0 Å². The molecule has 0 saturated heterocycles. The van der Waals surface area contributed by atoms with E-state index in [0.29, 0.717) is 11.3 Å². The fourth-order valence-corrected chi connectivity index (χ4v) is 2.62. The van der Waals surface area contributed by atoms with E-state index in [9.17, 15) is 0 Å². The second kappa shape index (κ2) is 8.81. The Morgan fingerprint density at radius 1 is 1.30 bits per heavy atom. The molecule has 0 radical (unpaired) electrons. The molecular weight excluding hydrogens is 314 g/mol. The van der Waals surface area contributed by atoms with Gasteiger partial charge in [-0.15, -0.1) is 0 Å². The number of halogens is 1. The van der Waals surface area contributed by atoms with Gasteiger partial charge in [-0.1, -0.05) is 48.8 Å². The van der Waals surface area contributed by atoms with Crippen LogP contribution in [0.2, 0.25) is 0 Å². The summed E-state index contributed by atoms with van der Waals surface area (Å²) in [7, 11) is 1.74. The van der Waals surface area contributed by atoms with E-state index >= 15 is 0 Å². The van der Waals surface area contributed by atoms with E-state index in [0.717, 1.165) is 24.2 Å². The van der Waals surface area contributed by atoms with Crippen molar-refractivity contribution in [3.8, 4) is 0 Å². The zero-order valence-corrected chi connectivity index (χ0v) is 14.8. The minimum Gasteiger partial charge on any atom is -0.383 e. The second-order valence-corrected chi connectivity index (χ2v) is 7.46. The Morgan fingerprint density at radius 3 is 2.65 bits per heavy atom. The highest BCUT2D eigenvalue weighted by molar-refractivity contribution is 9.10. The molecule has 0 spiro atoms. The van der Waals surface area contributed by atoms with Gasteiger partial charge in [-0.2, -0.15) is 0 Å². The number of benzene rings is 1. The first kappa shape index (κ1) is 17.7. The normalized spacial score (nSPS) is 13.4. The van der Waals surface area contributed by atoms with E-state index in [1.807, 2.05) is 0 Å². The lowest BCUT2D eigenvalue weighted by Crippen LogP contribution is -2.26. The third kappa shape index (κ3) is 7.41. The number of nitrogens with one attached hydrogen (secondary N) is 1. The van der Waals surface area contributed by atoms with E-state index in [4.69, 9.17) is 4.74 Å². The topological polar surface area (TPSA) is 21.3 Å². The number of methoxy groups -OCH3 is 1. The van der Waals surface area contributed by atoms with Crippen molar-refractivity contribution in [1.82, 2.24) is 5.32 Å². The highest BCUT2D eigenvalue weighted by atomic mass is 79.9. The van der Waals surface area contributed by atoms with Crippen LogP contribution in [0, 0.1) is 5.41 Å². The summed E-state index contributed by atoms with van der Waals surface area (Å²) in [5, 5.41) is 3.50. The van der Waals surface area contributed by atoms with Gasteiger partial charge in [0.15, 0.2) is 0 Å². The van der Waals surface area contributed by atoms with Crippen molar-refractivity contribution in [3.63, 3.8) is 0 Å². The van der Waals surface area contributed by atoms with Crippen molar-refractivity contribution < 1.29 is 4.74 Å². The fourth-order valence-electron chi connectivity index (χ4n) is 2.20. The van der Waals surface area contributed by atoms with Crippen molar-refractivity contribution in [1.29, 1.82) is 0 Å². The van der Waals surface area contributed by atoms with Crippen LogP contribution in [0.4, 0.5) is 0 Å². The largest absolute Gasteiger partial charge is 0.383 e. The lowest BCUT2D eigenvalue weighted by Gasteiger charge is -2.24. The Bertz CT molecular complexity index is 387. The third-order valence-electron chi connectivity index (χ3n) is 3.44. The lowest BCUT2D eigenvalue weighted by molar-refractivity contribution is 0.198. The first-order valence-electron chi connectivity index (χ1n) is 7.37. The third-order valence-corrected chi connectivity index (χ3v) is 3.93. The second-order valence-electron chi connectivity index (χ2n) is 6.55. The van der Waals surface area contributed by atoms with Crippen LogP contribution in [0.3, 0.4) is 0 Å². The molecule has 1 aromatic rings. The molecule has 0 aliphatic carbocycles. The Labute approximate surface area is 132 Å². The Kier molecular flexibility index (Phi) is 7.78. The van der Waals surface area contributed by atoms with E-state index in [1.54, 1.807) is 7.11 Å². The number of hydrogen-bond acceptors (Lipinski definition) is 2. The highest BCUT2D eigenvalue weighted by Gasteiger charge is 2.17. The standard InChI is InChI=1S/C17H28BrNO/c1-17(2,3)9-8-15(13-19-10-11-20-4)14-6-5-7-16(18)12-14/h5-7,12,15,19H,8-11,13H2,1-4H3. The summed E-state index contributed by atoms with van der Waals surface area (Å²) in [6.07, 6.45) is 2.44. The molecule has 0 heterocycles. The molecule has 0 aliphatic heterocycles. The summed E-state index contributed by atoms with van der Waals surface area (Å²) in [6, 6.07) is 8.68. The molecule has 0 aliphatic rings. The highest BCUT2D eigenvalue weighted by Crippen LogP contribution is 2.29. The molecule has 0 aromatic heterocycles. The van der Waals surface area contributed by atoms with Gasteiger partial charge in [0.05, 0.1) is 6.61 Å². The van der Waals surface area contributed by atoms with Gasteiger partial charge < -0.3 is 10.1 Å². The van der Waals surface area contributed by atoms with Crippen molar-refractivity contribution in [3.05, 3.63) is 34.3 Å². The average Bonchev–Trinajstić information content (AvgIpc) is 2.36. The van der Waals surface area contributed by atoms with Gasteiger partial charge in [0.1, 0.15) is 0 Å². The molecule has 1 N–H and O–H groups in total. The summed E-state index contributed by atoms with van der Waals surface area (Å²) < 4.78 is 6.25. The Balaban J connectivity index is 2.63. The van der Waals surface area contributed by atoms with Gasteiger partial charge in [0, 0.05) is 24.7 Å². The van der Waals surface area contributed by atoms with Gasteiger partial charge in [-0.3, -0.25) is 0 Å². The Hall–Kier alpha value is -0.380. The molecule has 0 amide bonds. The molecule has 0 saturated carbocycles. The van der Waals surface area contributed by atoms with Crippen LogP contribution >= 0.6 is 15.9 Å². The Morgan fingerprint density at radius 2 is 2.05 bits per heavy atom. The first-order valence-corrected chi connectivity index (χ1v) is 8.17. The van der Waals surface area contributed by atoms with Gasteiger partial charge in [-0.25, -0.2) is 0 Å². The monoisotopic (exact) mass is 341 g/mol. The van der Waals surface area contributed by atoms with Gasteiger partial charge in [0.2, 0.25) is 0 Å².